The maximum atomic E-state index is 10.6. The SMILES string of the molecule is Cc1ccc(CN(Cc2ccco2)C[C@@H](O)Cn2nc(C)cc2C)cc1. The van der Waals surface area contributed by atoms with E-state index < -0.39 is 6.10 Å². The van der Waals surface area contributed by atoms with Crippen molar-refractivity contribution in [3.05, 3.63) is 77.0 Å². The summed E-state index contributed by atoms with van der Waals surface area (Å²) < 4.78 is 7.37. The molecule has 5 heteroatoms. The summed E-state index contributed by atoms with van der Waals surface area (Å²) in [6.45, 7) is 8.53. The van der Waals surface area contributed by atoms with Crippen molar-refractivity contribution in [2.45, 2.75) is 46.5 Å². The normalized spacial score (nSPS) is 12.7. The first-order valence-electron chi connectivity index (χ1n) is 8.99. The largest absolute Gasteiger partial charge is 0.468 e. The highest BCUT2D eigenvalue weighted by Crippen LogP contribution is 2.13. The van der Waals surface area contributed by atoms with Crippen LogP contribution in [-0.2, 0) is 19.6 Å². The van der Waals surface area contributed by atoms with Gasteiger partial charge in [-0.3, -0.25) is 9.58 Å². The molecule has 0 aliphatic rings. The van der Waals surface area contributed by atoms with Gasteiger partial charge in [0.25, 0.3) is 0 Å². The van der Waals surface area contributed by atoms with Crippen LogP contribution in [0, 0.1) is 20.8 Å². The van der Waals surface area contributed by atoms with Crippen LogP contribution in [0.15, 0.2) is 53.1 Å². The molecule has 0 unspecified atom stereocenters. The second kappa shape index (κ2) is 8.34. The molecular weight excluding hydrogens is 326 g/mol. The molecule has 2 heterocycles. The van der Waals surface area contributed by atoms with Crippen LogP contribution in [0.3, 0.4) is 0 Å². The molecule has 1 N–H and O–H groups in total. The Balaban J connectivity index is 1.67. The van der Waals surface area contributed by atoms with Crippen molar-refractivity contribution >= 4 is 0 Å². The Bertz CT molecular complexity index is 806. The third-order valence-electron chi connectivity index (χ3n) is 4.44. The molecule has 0 bridgehead atoms. The lowest BCUT2D eigenvalue weighted by Crippen LogP contribution is -2.34. The smallest absolute Gasteiger partial charge is 0.117 e. The van der Waals surface area contributed by atoms with Crippen molar-refractivity contribution in [3.63, 3.8) is 0 Å². The van der Waals surface area contributed by atoms with E-state index in [2.05, 4.69) is 41.2 Å². The molecule has 3 rings (SSSR count). The molecule has 0 radical (unpaired) electrons. The van der Waals surface area contributed by atoms with E-state index in [0.29, 0.717) is 19.6 Å². The van der Waals surface area contributed by atoms with Crippen molar-refractivity contribution in [1.29, 1.82) is 0 Å². The summed E-state index contributed by atoms with van der Waals surface area (Å²) in [7, 11) is 0. The van der Waals surface area contributed by atoms with E-state index in [1.54, 1.807) is 6.26 Å². The molecule has 3 aromatic rings. The lowest BCUT2D eigenvalue weighted by atomic mass is 10.1. The van der Waals surface area contributed by atoms with E-state index in [9.17, 15) is 5.11 Å². The highest BCUT2D eigenvalue weighted by molar-refractivity contribution is 5.21. The van der Waals surface area contributed by atoms with Crippen LogP contribution < -0.4 is 0 Å². The maximum absolute atomic E-state index is 10.6. The van der Waals surface area contributed by atoms with Gasteiger partial charge in [0.15, 0.2) is 0 Å². The van der Waals surface area contributed by atoms with Gasteiger partial charge in [0.2, 0.25) is 0 Å². The van der Waals surface area contributed by atoms with Gasteiger partial charge in [0.1, 0.15) is 5.76 Å². The Morgan fingerprint density at radius 1 is 1.12 bits per heavy atom. The fourth-order valence-corrected chi connectivity index (χ4v) is 3.17. The van der Waals surface area contributed by atoms with Gasteiger partial charge >= 0.3 is 0 Å². The number of nitrogens with zero attached hydrogens (tertiary/aromatic N) is 3. The van der Waals surface area contributed by atoms with Crippen LogP contribution in [0.1, 0.15) is 28.3 Å². The van der Waals surface area contributed by atoms with E-state index in [0.717, 1.165) is 23.7 Å². The molecule has 0 amide bonds. The molecule has 0 saturated carbocycles. The van der Waals surface area contributed by atoms with Crippen LogP contribution in [0.25, 0.3) is 0 Å². The average Bonchev–Trinajstić information content (AvgIpc) is 3.19. The van der Waals surface area contributed by atoms with E-state index in [-0.39, 0.29) is 0 Å². The zero-order valence-electron chi connectivity index (χ0n) is 15.7. The molecular formula is C21H27N3O2. The number of aryl methyl sites for hydroxylation is 3. The van der Waals surface area contributed by atoms with Gasteiger partial charge in [0.05, 0.1) is 31.2 Å². The van der Waals surface area contributed by atoms with Gasteiger partial charge in [-0.25, -0.2) is 0 Å². The molecule has 1 aromatic carbocycles. The highest BCUT2D eigenvalue weighted by Gasteiger charge is 2.16. The lowest BCUT2D eigenvalue weighted by molar-refractivity contribution is 0.0839. The number of furan rings is 1. The van der Waals surface area contributed by atoms with Gasteiger partial charge in [-0.1, -0.05) is 29.8 Å². The Hall–Kier alpha value is -2.37. The van der Waals surface area contributed by atoms with Gasteiger partial charge < -0.3 is 9.52 Å². The minimum absolute atomic E-state index is 0.488. The Morgan fingerprint density at radius 3 is 2.50 bits per heavy atom. The first-order chi connectivity index (χ1) is 12.5. The topological polar surface area (TPSA) is 54.4 Å². The summed E-state index contributed by atoms with van der Waals surface area (Å²) in [5.41, 5.74) is 4.51. The molecule has 0 aliphatic heterocycles. The summed E-state index contributed by atoms with van der Waals surface area (Å²) in [4.78, 5) is 2.21. The van der Waals surface area contributed by atoms with Crippen LogP contribution in [0.2, 0.25) is 0 Å². The van der Waals surface area contributed by atoms with Crippen molar-refractivity contribution in [1.82, 2.24) is 14.7 Å². The first kappa shape index (κ1) is 18.4. The van der Waals surface area contributed by atoms with Gasteiger partial charge in [0, 0.05) is 18.8 Å². The quantitative estimate of drug-likeness (QED) is 0.674. The summed E-state index contributed by atoms with van der Waals surface area (Å²) in [6.07, 6.45) is 1.18. The molecule has 5 nitrogen and oxygen atoms in total. The van der Waals surface area contributed by atoms with E-state index in [1.165, 1.54) is 11.1 Å². The summed E-state index contributed by atoms with van der Waals surface area (Å²) in [6, 6.07) is 14.4. The number of aliphatic hydroxyl groups is 1. The first-order valence-corrected chi connectivity index (χ1v) is 8.99. The standard InChI is InChI=1S/C21H27N3O2/c1-16-6-8-19(9-7-16)12-23(15-21-5-4-10-26-21)13-20(25)14-24-18(3)11-17(2)22-24/h4-11,20,25H,12-15H2,1-3H3/t20-/m1/s1. The molecule has 0 saturated heterocycles. The molecule has 1 atom stereocenters. The predicted octanol–water partition coefficient (Wildman–Crippen LogP) is 3.46. The van der Waals surface area contributed by atoms with E-state index >= 15 is 0 Å². The Morgan fingerprint density at radius 2 is 1.88 bits per heavy atom. The summed E-state index contributed by atoms with van der Waals surface area (Å²) >= 11 is 0. The zero-order valence-corrected chi connectivity index (χ0v) is 15.7. The Kier molecular flexibility index (Phi) is 5.91. The lowest BCUT2D eigenvalue weighted by Gasteiger charge is -2.24. The molecule has 0 aliphatic carbocycles. The zero-order chi connectivity index (χ0) is 18.5. The summed E-state index contributed by atoms with van der Waals surface area (Å²) in [5.74, 6) is 0.899. The minimum Gasteiger partial charge on any atom is -0.468 e. The molecule has 26 heavy (non-hydrogen) atoms. The van der Waals surface area contributed by atoms with Crippen LogP contribution >= 0.6 is 0 Å². The monoisotopic (exact) mass is 353 g/mol. The van der Waals surface area contributed by atoms with Crippen molar-refractivity contribution < 1.29 is 9.52 Å². The second-order valence-electron chi connectivity index (χ2n) is 7.00. The predicted molar refractivity (Wildman–Crippen MR) is 102 cm³/mol. The molecule has 0 fully saturated rings. The second-order valence-corrected chi connectivity index (χ2v) is 7.00. The molecule has 138 valence electrons. The summed E-state index contributed by atoms with van der Waals surface area (Å²) in [5, 5.41) is 15.1. The van der Waals surface area contributed by atoms with Crippen molar-refractivity contribution in [2.24, 2.45) is 0 Å². The number of hydrogen-bond donors (Lipinski definition) is 1. The molecule has 2 aromatic heterocycles. The third kappa shape index (κ3) is 5.07. The third-order valence-corrected chi connectivity index (χ3v) is 4.44. The van der Waals surface area contributed by atoms with Crippen LogP contribution in [0.4, 0.5) is 0 Å². The van der Waals surface area contributed by atoms with Gasteiger partial charge in [-0.15, -0.1) is 0 Å². The number of aromatic nitrogens is 2. The maximum Gasteiger partial charge on any atom is 0.117 e. The number of aliphatic hydroxyl groups excluding tert-OH is 1. The fraction of sp³-hybridized carbons (Fsp3) is 0.381. The molecule has 0 spiro atoms. The van der Waals surface area contributed by atoms with Crippen molar-refractivity contribution in [2.75, 3.05) is 6.54 Å². The van der Waals surface area contributed by atoms with Crippen LogP contribution in [-0.4, -0.2) is 32.4 Å². The Labute approximate surface area is 154 Å². The fourth-order valence-electron chi connectivity index (χ4n) is 3.17. The van der Waals surface area contributed by atoms with E-state index in [4.69, 9.17) is 4.42 Å². The highest BCUT2D eigenvalue weighted by atomic mass is 16.3. The van der Waals surface area contributed by atoms with E-state index in [1.807, 2.05) is 36.7 Å². The van der Waals surface area contributed by atoms with Gasteiger partial charge in [-0.2, -0.15) is 5.10 Å². The number of hydrogen-bond acceptors (Lipinski definition) is 4. The van der Waals surface area contributed by atoms with Crippen LogP contribution in [0.5, 0.6) is 0 Å². The average molecular weight is 353 g/mol. The van der Waals surface area contributed by atoms with Gasteiger partial charge in [-0.05, 0) is 44.5 Å². The number of rotatable bonds is 8. The minimum atomic E-state index is -0.506. The van der Waals surface area contributed by atoms with Crippen molar-refractivity contribution in [3.8, 4) is 0 Å². The number of benzene rings is 1.